The van der Waals surface area contributed by atoms with Crippen LogP contribution in [0.15, 0.2) is 0 Å². The van der Waals surface area contributed by atoms with Gasteiger partial charge >= 0.3 is 11.8 Å². The first-order chi connectivity index (χ1) is 6.82. The quantitative estimate of drug-likeness (QED) is 0.585. The van der Waals surface area contributed by atoms with E-state index in [1.807, 2.05) is 0 Å². The van der Waals surface area contributed by atoms with E-state index in [0.717, 1.165) is 0 Å². The zero-order chi connectivity index (χ0) is 11.6. The minimum absolute atomic E-state index is 0.0338. The fourth-order valence-electron chi connectivity index (χ4n) is 1.79. The fourth-order valence-corrected chi connectivity index (χ4v) is 1.79. The Bertz CT molecular complexity index is 270. The van der Waals surface area contributed by atoms with Crippen molar-refractivity contribution in [2.24, 2.45) is 17.1 Å². The van der Waals surface area contributed by atoms with Crippen molar-refractivity contribution < 1.29 is 14.3 Å². The van der Waals surface area contributed by atoms with E-state index in [0.29, 0.717) is 13.2 Å². The predicted octanol–water partition coefficient (Wildman–Crippen LogP) is -0.351. The van der Waals surface area contributed by atoms with Crippen LogP contribution in [0.25, 0.3) is 0 Å². The van der Waals surface area contributed by atoms with Gasteiger partial charge in [0.1, 0.15) is 0 Å². The van der Waals surface area contributed by atoms with Gasteiger partial charge < -0.3 is 15.8 Å². The average molecular weight is 214 g/mol. The molecule has 5 nitrogen and oxygen atoms in total. The zero-order valence-corrected chi connectivity index (χ0v) is 9.37. The lowest BCUT2D eigenvalue weighted by Gasteiger charge is -2.30. The first-order valence-corrected chi connectivity index (χ1v) is 5.00. The van der Waals surface area contributed by atoms with Crippen molar-refractivity contribution >= 4 is 11.8 Å². The average Bonchev–Trinajstić information content (AvgIpc) is 2.50. The van der Waals surface area contributed by atoms with E-state index in [2.05, 4.69) is 26.1 Å². The third-order valence-electron chi connectivity index (χ3n) is 2.73. The van der Waals surface area contributed by atoms with Crippen LogP contribution in [-0.4, -0.2) is 31.1 Å². The van der Waals surface area contributed by atoms with Gasteiger partial charge in [0.25, 0.3) is 0 Å². The van der Waals surface area contributed by atoms with Crippen LogP contribution in [0, 0.1) is 11.3 Å². The van der Waals surface area contributed by atoms with Gasteiger partial charge in [-0.25, -0.2) is 0 Å². The van der Waals surface area contributed by atoms with E-state index in [1.54, 1.807) is 0 Å². The SMILES string of the molecule is CC(C)(C)[C@H]1COC[C@@H]1NC(=O)C(N)=O. The van der Waals surface area contributed by atoms with E-state index >= 15 is 0 Å². The summed E-state index contributed by atoms with van der Waals surface area (Å²) in [5.74, 6) is -1.48. The molecule has 15 heavy (non-hydrogen) atoms. The highest BCUT2D eigenvalue weighted by molar-refractivity contribution is 6.34. The number of primary amides is 1. The predicted molar refractivity (Wildman–Crippen MR) is 54.9 cm³/mol. The lowest BCUT2D eigenvalue weighted by atomic mass is 9.78. The molecule has 2 atom stereocenters. The molecule has 0 saturated carbocycles. The molecule has 3 N–H and O–H groups in total. The number of amides is 2. The van der Waals surface area contributed by atoms with Gasteiger partial charge in [-0.3, -0.25) is 9.59 Å². The molecular weight excluding hydrogens is 196 g/mol. The summed E-state index contributed by atoms with van der Waals surface area (Å²) in [7, 11) is 0. The summed E-state index contributed by atoms with van der Waals surface area (Å²) in [4.78, 5) is 21.7. The van der Waals surface area contributed by atoms with Gasteiger partial charge in [-0.1, -0.05) is 20.8 Å². The molecule has 1 heterocycles. The minimum Gasteiger partial charge on any atom is -0.379 e. The highest BCUT2D eigenvalue weighted by Crippen LogP contribution is 2.32. The Balaban J connectivity index is 2.62. The number of hydrogen-bond acceptors (Lipinski definition) is 3. The normalized spacial score (nSPS) is 26.3. The molecule has 1 rings (SSSR count). The van der Waals surface area contributed by atoms with Crippen LogP contribution in [0.2, 0.25) is 0 Å². The minimum atomic E-state index is -0.949. The molecule has 0 radical (unpaired) electrons. The Labute approximate surface area is 89.3 Å². The largest absolute Gasteiger partial charge is 0.379 e. The molecule has 1 fully saturated rings. The summed E-state index contributed by atoms with van der Waals surface area (Å²) in [6.45, 7) is 7.29. The Hall–Kier alpha value is -1.10. The number of carbonyl (C=O) groups excluding carboxylic acids is 2. The molecule has 1 aliphatic heterocycles. The Morgan fingerprint density at radius 1 is 1.33 bits per heavy atom. The number of rotatable bonds is 1. The number of carbonyl (C=O) groups is 2. The second kappa shape index (κ2) is 4.18. The van der Waals surface area contributed by atoms with Crippen molar-refractivity contribution in [1.82, 2.24) is 5.32 Å². The van der Waals surface area contributed by atoms with Crippen molar-refractivity contribution in [2.45, 2.75) is 26.8 Å². The maximum absolute atomic E-state index is 11.1. The Kier molecular flexibility index (Phi) is 3.34. The van der Waals surface area contributed by atoms with E-state index in [4.69, 9.17) is 10.5 Å². The van der Waals surface area contributed by atoms with E-state index in [1.165, 1.54) is 0 Å². The molecule has 0 spiro atoms. The standard InChI is InChI=1S/C10H18N2O3/c1-10(2,3)6-4-15-5-7(6)12-9(14)8(11)13/h6-7H,4-5H2,1-3H3,(H2,11,13)(H,12,14)/t6-,7-/m0/s1. The molecule has 0 aromatic rings. The van der Waals surface area contributed by atoms with Crippen molar-refractivity contribution in [3.63, 3.8) is 0 Å². The molecule has 2 amide bonds. The van der Waals surface area contributed by atoms with Gasteiger partial charge in [0.15, 0.2) is 0 Å². The summed E-state index contributed by atoms with van der Waals surface area (Å²) in [5.41, 5.74) is 4.91. The molecule has 5 heteroatoms. The number of hydrogen-bond donors (Lipinski definition) is 2. The highest BCUT2D eigenvalue weighted by Gasteiger charge is 2.38. The first-order valence-electron chi connectivity index (χ1n) is 5.00. The third kappa shape index (κ3) is 2.92. The maximum Gasteiger partial charge on any atom is 0.309 e. The molecule has 0 aromatic heterocycles. The van der Waals surface area contributed by atoms with Gasteiger partial charge in [-0.05, 0) is 5.41 Å². The van der Waals surface area contributed by atoms with Gasteiger partial charge in [0.2, 0.25) is 0 Å². The summed E-state index contributed by atoms with van der Waals surface area (Å²) < 4.78 is 5.31. The number of ether oxygens (including phenoxy) is 1. The van der Waals surface area contributed by atoms with Crippen LogP contribution in [0.4, 0.5) is 0 Å². The smallest absolute Gasteiger partial charge is 0.309 e. The van der Waals surface area contributed by atoms with Gasteiger partial charge in [-0.2, -0.15) is 0 Å². The molecule has 1 saturated heterocycles. The topological polar surface area (TPSA) is 81.4 Å². The molecular formula is C10H18N2O3. The molecule has 1 aliphatic rings. The molecule has 0 bridgehead atoms. The van der Waals surface area contributed by atoms with E-state index < -0.39 is 11.8 Å². The van der Waals surface area contributed by atoms with Crippen LogP contribution in [0.5, 0.6) is 0 Å². The monoisotopic (exact) mass is 214 g/mol. The van der Waals surface area contributed by atoms with Crippen LogP contribution in [0.3, 0.4) is 0 Å². The van der Waals surface area contributed by atoms with Crippen molar-refractivity contribution in [3.8, 4) is 0 Å². The van der Waals surface area contributed by atoms with Crippen LogP contribution in [0.1, 0.15) is 20.8 Å². The molecule has 0 unspecified atom stereocenters. The van der Waals surface area contributed by atoms with Gasteiger partial charge in [0.05, 0.1) is 19.3 Å². The number of nitrogens with one attached hydrogen (secondary N) is 1. The van der Waals surface area contributed by atoms with Gasteiger partial charge in [-0.15, -0.1) is 0 Å². The fraction of sp³-hybridized carbons (Fsp3) is 0.800. The second-order valence-electron chi connectivity index (χ2n) is 4.95. The number of nitrogens with two attached hydrogens (primary N) is 1. The van der Waals surface area contributed by atoms with Crippen molar-refractivity contribution in [3.05, 3.63) is 0 Å². The third-order valence-corrected chi connectivity index (χ3v) is 2.73. The summed E-state index contributed by atoms with van der Waals surface area (Å²) in [5, 5.41) is 2.60. The Morgan fingerprint density at radius 2 is 1.93 bits per heavy atom. The maximum atomic E-state index is 11.1. The van der Waals surface area contributed by atoms with Crippen molar-refractivity contribution in [1.29, 1.82) is 0 Å². The van der Waals surface area contributed by atoms with E-state index in [9.17, 15) is 9.59 Å². The molecule has 0 aromatic carbocycles. The second-order valence-corrected chi connectivity index (χ2v) is 4.95. The summed E-state index contributed by atoms with van der Waals surface area (Å²) >= 11 is 0. The van der Waals surface area contributed by atoms with Crippen LogP contribution < -0.4 is 11.1 Å². The van der Waals surface area contributed by atoms with E-state index in [-0.39, 0.29) is 17.4 Å². The van der Waals surface area contributed by atoms with Crippen molar-refractivity contribution in [2.75, 3.05) is 13.2 Å². The molecule has 86 valence electrons. The highest BCUT2D eigenvalue weighted by atomic mass is 16.5. The summed E-state index contributed by atoms with van der Waals surface area (Å²) in [6, 6.07) is -0.120. The zero-order valence-electron chi connectivity index (χ0n) is 9.37. The van der Waals surface area contributed by atoms with Gasteiger partial charge in [0, 0.05) is 5.92 Å². The lowest BCUT2D eigenvalue weighted by molar-refractivity contribution is -0.138. The lowest BCUT2D eigenvalue weighted by Crippen LogP contribution is -2.48. The first kappa shape index (κ1) is 12.0. The van der Waals surface area contributed by atoms with Crippen LogP contribution in [-0.2, 0) is 14.3 Å². The van der Waals surface area contributed by atoms with Crippen LogP contribution >= 0.6 is 0 Å². The summed E-state index contributed by atoms with van der Waals surface area (Å²) in [6.07, 6.45) is 0. The Morgan fingerprint density at radius 3 is 2.40 bits per heavy atom. The molecule has 0 aliphatic carbocycles.